The van der Waals surface area contributed by atoms with Gasteiger partial charge in [-0.15, -0.1) is 0 Å². The Bertz CT molecular complexity index is 477. The maximum Gasteiger partial charge on any atom is 0.231 e. The van der Waals surface area contributed by atoms with Crippen molar-refractivity contribution < 1.29 is 9.59 Å². The lowest BCUT2D eigenvalue weighted by molar-refractivity contribution is -0.121. The third-order valence-corrected chi connectivity index (χ3v) is 3.32. The van der Waals surface area contributed by atoms with Crippen LogP contribution in [-0.2, 0) is 9.59 Å². The van der Waals surface area contributed by atoms with Crippen LogP contribution in [0.4, 0.5) is 5.69 Å². The summed E-state index contributed by atoms with van der Waals surface area (Å²) >= 11 is 3.35. The van der Waals surface area contributed by atoms with Crippen molar-refractivity contribution in [2.45, 2.75) is 26.3 Å². The number of primary amides is 1. The van der Waals surface area contributed by atoms with Gasteiger partial charge in [0.2, 0.25) is 11.8 Å². The lowest BCUT2D eigenvalue weighted by Crippen LogP contribution is -2.40. The first-order valence-corrected chi connectivity index (χ1v) is 7.25. The summed E-state index contributed by atoms with van der Waals surface area (Å²) in [6.45, 7) is 4.60. The number of nitrogens with one attached hydrogen (secondary N) is 1. The molecule has 0 aliphatic rings. The molecule has 20 heavy (non-hydrogen) atoms. The number of anilines is 1. The number of hydrogen-bond acceptors (Lipinski definition) is 3. The quantitative estimate of drug-likeness (QED) is 0.796. The summed E-state index contributed by atoms with van der Waals surface area (Å²) in [5.41, 5.74) is 5.94. The highest BCUT2D eigenvalue weighted by atomic mass is 79.9. The Morgan fingerprint density at radius 2 is 2.10 bits per heavy atom. The number of nitrogens with zero attached hydrogens (tertiary/aromatic N) is 1. The Labute approximate surface area is 127 Å². The second-order valence-electron chi connectivity index (χ2n) is 4.84. The topological polar surface area (TPSA) is 75.4 Å². The van der Waals surface area contributed by atoms with Gasteiger partial charge >= 0.3 is 0 Å². The summed E-state index contributed by atoms with van der Waals surface area (Å²) in [4.78, 5) is 24.7. The van der Waals surface area contributed by atoms with E-state index < -0.39 is 0 Å². The van der Waals surface area contributed by atoms with E-state index in [1.54, 1.807) is 0 Å². The number of halogens is 1. The van der Waals surface area contributed by atoms with Crippen molar-refractivity contribution in [1.82, 2.24) is 4.90 Å². The summed E-state index contributed by atoms with van der Waals surface area (Å²) < 4.78 is 0.910. The SMILES string of the molecule is CC(C)N(CCC(=O)Nc1cccc(Br)c1)CC(N)=O. The Morgan fingerprint density at radius 1 is 1.40 bits per heavy atom. The van der Waals surface area contributed by atoms with Crippen LogP contribution in [0.25, 0.3) is 0 Å². The number of hydrogen-bond donors (Lipinski definition) is 2. The zero-order chi connectivity index (χ0) is 15.1. The molecular weight excluding hydrogens is 322 g/mol. The second kappa shape index (κ2) is 8.01. The Balaban J connectivity index is 2.47. The normalized spacial score (nSPS) is 10.8. The molecule has 0 saturated heterocycles. The van der Waals surface area contributed by atoms with Gasteiger partial charge in [-0.1, -0.05) is 22.0 Å². The van der Waals surface area contributed by atoms with Crippen molar-refractivity contribution in [2.75, 3.05) is 18.4 Å². The second-order valence-corrected chi connectivity index (χ2v) is 5.75. The predicted molar refractivity (Wildman–Crippen MR) is 83.3 cm³/mol. The van der Waals surface area contributed by atoms with Gasteiger partial charge in [0, 0.05) is 29.2 Å². The minimum absolute atomic E-state index is 0.0850. The van der Waals surface area contributed by atoms with Crippen LogP contribution in [0.1, 0.15) is 20.3 Å². The standard InChI is InChI=1S/C14H20BrN3O2/c1-10(2)18(9-13(16)19)7-6-14(20)17-12-5-3-4-11(15)8-12/h3-5,8,10H,6-7,9H2,1-2H3,(H2,16,19)(H,17,20). The fourth-order valence-corrected chi connectivity index (χ4v) is 2.15. The lowest BCUT2D eigenvalue weighted by Gasteiger charge is -2.24. The van der Waals surface area contributed by atoms with E-state index >= 15 is 0 Å². The van der Waals surface area contributed by atoms with Crippen molar-refractivity contribution in [1.29, 1.82) is 0 Å². The van der Waals surface area contributed by atoms with Crippen LogP contribution in [0.15, 0.2) is 28.7 Å². The smallest absolute Gasteiger partial charge is 0.231 e. The Hall–Kier alpha value is -1.40. The maximum absolute atomic E-state index is 11.9. The molecule has 0 aliphatic heterocycles. The average Bonchev–Trinajstić information content (AvgIpc) is 2.33. The molecule has 0 bridgehead atoms. The molecule has 0 radical (unpaired) electrons. The maximum atomic E-state index is 11.9. The average molecular weight is 342 g/mol. The highest BCUT2D eigenvalue weighted by Crippen LogP contribution is 2.15. The van der Waals surface area contributed by atoms with Gasteiger partial charge in [0.15, 0.2) is 0 Å². The molecule has 0 aromatic heterocycles. The summed E-state index contributed by atoms with van der Waals surface area (Å²) in [6.07, 6.45) is 0.317. The first-order valence-electron chi connectivity index (χ1n) is 6.46. The van der Waals surface area contributed by atoms with Crippen molar-refractivity contribution >= 4 is 33.4 Å². The third-order valence-electron chi connectivity index (χ3n) is 2.82. The van der Waals surface area contributed by atoms with Crippen LogP contribution in [-0.4, -0.2) is 35.8 Å². The molecule has 0 fully saturated rings. The summed E-state index contributed by atoms with van der Waals surface area (Å²) in [5, 5.41) is 2.82. The third kappa shape index (κ3) is 6.16. The summed E-state index contributed by atoms with van der Waals surface area (Å²) in [5.74, 6) is -0.468. The molecule has 0 heterocycles. The first-order chi connectivity index (χ1) is 9.38. The van der Waals surface area contributed by atoms with E-state index in [-0.39, 0.29) is 24.4 Å². The van der Waals surface area contributed by atoms with E-state index in [2.05, 4.69) is 21.2 Å². The Kier molecular flexibility index (Phi) is 6.67. The van der Waals surface area contributed by atoms with Gasteiger partial charge in [0.05, 0.1) is 6.54 Å². The molecule has 2 amide bonds. The highest BCUT2D eigenvalue weighted by molar-refractivity contribution is 9.10. The summed E-state index contributed by atoms with van der Waals surface area (Å²) in [7, 11) is 0. The van der Waals surface area contributed by atoms with Crippen LogP contribution < -0.4 is 11.1 Å². The molecular formula is C14H20BrN3O2. The zero-order valence-corrected chi connectivity index (χ0v) is 13.3. The van der Waals surface area contributed by atoms with Crippen LogP contribution in [0, 0.1) is 0 Å². The minimum atomic E-state index is -0.383. The molecule has 1 aromatic rings. The first kappa shape index (κ1) is 16.7. The van der Waals surface area contributed by atoms with Crippen LogP contribution in [0.2, 0.25) is 0 Å². The monoisotopic (exact) mass is 341 g/mol. The van der Waals surface area contributed by atoms with Crippen molar-refractivity contribution in [3.05, 3.63) is 28.7 Å². The molecule has 1 rings (SSSR count). The van der Waals surface area contributed by atoms with Gasteiger partial charge in [-0.05, 0) is 32.0 Å². The van der Waals surface area contributed by atoms with Gasteiger partial charge in [0.1, 0.15) is 0 Å². The molecule has 3 N–H and O–H groups in total. The Morgan fingerprint density at radius 3 is 2.65 bits per heavy atom. The molecule has 1 aromatic carbocycles. The van der Waals surface area contributed by atoms with Crippen molar-refractivity contribution in [3.63, 3.8) is 0 Å². The van der Waals surface area contributed by atoms with Gasteiger partial charge in [0.25, 0.3) is 0 Å². The van der Waals surface area contributed by atoms with Gasteiger partial charge < -0.3 is 11.1 Å². The molecule has 0 spiro atoms. The van der Waals surface area contributed by atoms with E-state index in [1.165, 1.54) is 0 Å². The van der Waals surface area contributed by atoms with Crippen LogP contribution >= 0.6 is 15.9 Å². The number of carbonyl (C=O) groups is 2. The fourth-order valence-electron chi connectivity index (χ4n) is 1.75. The molecule has 0 unspecified atom stereocenters. The van der Waals surface area contributed by atoms with E-state index in [0.29, 0.717) is 13.0 Å². The molecule has 6 heteroatoms. The van der Waals surface area contributed by atoms with Crippen molar-refractivity contribution in [3.8, 4) is 0 Å². The van der Waals surface area contributed by atoms with E-state index in [1.807, 2.05) is 43.0 Å². The van der Waals surface area contributed by atoms with Gasteiger partial charge in [-0.25, -0.2) is 0 Å². The number of rotatable bonds is 7. The number of nitrogens with two attached hydrogens (primary N) is 1. The molecule has 5 nitrogen and oxygen atoms in total. The van der Waals surface area contributed by atoms with Gasteiger partial charge in [-0.2, -0.15) is 0 Å². The molecule has 0 atom stereocenters. The van der Waals surface area contributed by atoms with E-state index in [0.717, 1.165) is 10.2 Å². The fraction of sp³-hybridized carbons (Fsp3) is 0.429. The van der Waals surface area contributed by atoms with E-state index in [4.69, 9.17) is 5.73 Å². The largest absolute Gasteiger partial charge is 0.369 e. The molecule has 110 valence electrons. The minimum Gasteiger partial charge on any atom is -0.369 e. The van der Waals surface area contributed by atoms with Crippen LogP contribution in [0.3, 0.4) is 0 Å². The zero-order valence-electron chi connectivity index (χ0n) is 11.7. The lowest BCUT2D eigenvalue weighted by atomic mass is 10.2. The molecule has 0 saturated carbocycles. The van der Waals surface area contributed by atoms with E-state index in [9.17, 15) is 9.59 Å². The number of amides is 2. The molecule has 0 aliphatic carbocycles. The number of carbonyl (C=O) groups excluding carboxylic acids is 2. The van der Waals surface area contributed by atoms with Crippen molar-refractivity contribution in [2.24, 2.45) is 5.73 Å². The van der Waals surface area contributed by atoms with Gasteiger partial charge in [-0.3, -0.25) is 14.5 Å². The predicted octanol–water partition coefficient (Wildman–Crippen LogP) is 1.97. The number of benzene rings is 1. The summed E-state index contributed by atoms with van der Waals surface area (Å²) in [6, 6.07) is 7.57. The highest BCUT2D eigenvalue weighted by Gasteiger charge is 2.13. The van der Waals surface area contributed by atoms with Crippen LogP contribution in [0.5, 0.6) is 0 Å².